The molecule has 0 saturated heterocycles. The van der Waals surface area contributed by atoms with Crippen LogP contribution in [0.15, 0.2) is 54.7 Å². The fraction of sp³-hybridized carbons (Fsp3) is 0.111. The average molecular weight is 278 g/mol. The molecule has 0 saturated carbocycles. The lowest BCUT2D eigenvalue weighted by molar-refractivity contribution is -0.0979. The van der Waals surface area contributed by atoms with E-state index in [1.54, 1.807) is 0 Å². The number of rotatable bonds is 2. The van der Waals surface area contributed by atoms with Gasteiger partial charge in [0, 0.05) is 17.3 Å². The fourth-order valence-corrected chi connectivity index (χ4v) is 2.32. The van der Waals surface area contributed by atoms with Crippen molar-refractivity contribution in [3.63, 3.8) is 0 Å². The summed E-state index contributed by atoms with van der Waals surface area (Å²) in [7, 11) is 0. The van der Waals surface area contributed by atoms with Crippen LogP contribution in [0.3, 0.4) is 0 Å². The number of anilines is 2. The van der Waals surface area contributed by atoms with Crippen LogP contribution in [0, 0.1) is 13.8 Å². The van der Waals surface area contributed by atoms with Crippen LogP contribution in [0.1, 0.15) is 11.1 Å². The van der Waals surface area contributed by atoms with Crippen LogP contribution in [0.4, 0.5) is 11.5 Å². The number of hydrogen-bond acceptors (Lipinski definition) is 3. The summed E-state index contributed by atoms with van der Waals surface area (Å²) in [5.74, 6) is 0.909. The lowest BCUT2D eigenvalue weighted by Crippen LogP contribution is -1.95. The van der Waals surface area contributed by atoms with Crippen molar-refractivity contribution in [3.05, 3.63) is 65.9 Å². The van der Waals surface area contributed by atoms with Crippen LogP contribution >= 0.6 is 0 Å². The number of fused-ring (bicyclic) bond motifs is 1. The minimum Gasteiger partial charge on any atom is -0.340 e. The number of carbonyl (C=O) groups is 1. The highest BCUT2D eigenvalue weighted by molar-refractivity contribution is 5.95. The summed E-state index contributed by atoms with van der Waals surface area (Å²) < 4.78 is 0. The zero-order valence-corrected chi connectivity index (χ0v) is 12.3. The molecule has 2 aromatic carbocycles. The molecular weight excluding hydrogens is 260 g/mol. The van der Waals surface area contributed by atoms with Gasteiger partial charge in [-0.3, -0.25) is 0 Å². The molecule has 0 radical (unpaired) electrons. The number of carbonyl (C=O) groups excluding carboxylic acids is 1. The van der Waals surface area contributed by atoms with Crippen LogP contribution in [-0.4, -0.2) is 11.8 Å². The van der Waals surface area contributed by atoms with Crippen molar-refractivity contribution in [2.24, 2.45) is 0 Å². The molecule has 3 rings (SSSR count). The predicted molar refractivity (Wildman–Crippen MR) is 88.1 cm³/mol. The quantitative estimate of drug-likeness (QED) is 0.755. The summed E-state index contributed by atoms with van der Waals surface area (Å²) in [6.45, 7) is 6.21. The van der Waals surface area contributed by atoms with Crippen LogP contribution in [0.5, 0.6) is 0 Å². The molecule has 3 heteroatoms. The summed E-state index contributed by atoms with van der Waals surface area (Å²) >= 11 is 0. The van der Waals surface area contributed by atoms with E-state index < -0.39 is 0 Å². The van der Waals surface area contributed by atoms with E-state index in [4.69, 9.17) is 4.79 Å². The number of pyridine rings is 1. The van der Waals surface area contributed by atoms with E-state index in [2.05, 4.69) is 66.6 Å². The van der Waals surface area contributed by atoms with Crippen LogP contribution in [0.25, 0.3) is 10.8 Å². The Labute approximate surface area is 124 Å². The molecule has 3 aromatic rings. The highest BCUT2D eigenvalue weighted by atomic mass is 16.1. The second kappa shape index (κ2) is 6.66. The van der Waals surface area contributed by atoms with Gasteiger partial charge in [0.2, 0.25) is 0 Å². The van der Waals surface area contributed by atoms with Gasteiger partial charge in [0.05, 0.1) is 0 Å². The highest BCUT2D eigenvalue weighted by Gasteiger charge is 2.04. The molecule has 0 aliphatic heterocycles. The molecule has 0 unspecified atom stereocenters. The second-order valence-electron chi connectivity index (χ2n) is 4.82. The molecule has 0 bridgehead atoms. The predicted octanol–water partition coefficient (Wildman–Crippen LogP) is 4.41. The standard InChI is InChI=1S/C17H16N2.CH2O/c1-12-5-3-7-14(11-12)19-17-16-8-4-6-13(2)15(16)9-10-18-17;1-2/h3-11H,1-2H3,(H,18,19);1H2. The Morgan fingerprint density at radius 2 is 1.71 bits per heavy atom. The van der Waals surface area contributed by atoms with E-state index in [0.29, 0.717) is 0 Å². The van der Waals surface area contributed by atoms with Gasteiger partial charge in [-0.2, -0.15) is 0 Å². The van der Waals surface area contributed by atoms with Crippen molar-refractivity contribution in [2.75, 3.05) is 5.32 Å². The summed E-state index contributed by atoms with van der Waals surface area (Å²) in [6, 6.07) is 16.7. The third kappa shape index (κ3) is 3.26. The third-order valence-corrected chi connectivity index (χ3v) is 3.30. The van der Waals surface area contributed by atoms with E-state index in [9.17, 15) is 0 Å². The zero-order valence-electron chi connectivity index (χ0n) is 12.3. The largest absolute Gasteiger partial charge is 0.340 e. The van der Waals surface area contributed by atoms with Crippen molar-refractivity contribution < 1.29 is 4.79 Å². The topological polar surface area (TPSA) is 42.0 Å². The molecule has 21 heavy (non-hydrogen) atoms. The van der Waals surface area contributed by atoms with E-state index in [1.807, 2.05) is 19.1 Å². The number of aromatic nitrogens is 1. The Bertz CT molecular complexity index is 753. The van der Waals surface area contributed by atoms with Gasteiger partial charge in [-0.15, -0.1) is 0 Å². The number of benzene rings is 2. The van der Waals surface area contributed by atoms with E-state index in [-0.39, 0.29) is 0 Å². The van der Waals surface area contributed by atoms with Crippen LogP contribution in [-0.2, 0) is 4.79 Å². The second-order valence-corrected chi connectivity index (χ2v) is 4.82. The first kappa shape index (κ1) is 14.7. The van der Waals surface area contributed by atoms with Crippen molar-refractivity contribution in [3.8, 4) is 0 Å². The molecule has 0 fully saturated rings. The van der Waals surface area contributed by atoms with E-state index >= 15 is 0 Å². The minimum absolute atomic E-state index is 0.909. The van der Waals surface area contributed by atoms with Gasteiger partial charge in [-0.25, -0.2) is 4.98 Å². The SMILES string of the molecule is C=O.Cc1cccc(Nc2nccc3c(C)cccc23)c1. The third-order valence-electron chi connectivity index (χ3n) is 3.30. The summed E-state index contributed by atoms with van der Waals surface area (Å²) in [5.41, 5.74) is 3.58. The van der Waals surface area contributed by atoms with Crippen LogP contribution < -0.4 is 5.32 Å². The fourth-order valence-electron chi connectivity index (χ4n) is 2.32. The lowest BCUT2D eigenvalue weighted by atomic mass is 10.1. The maximum atomic E-state index is 8.00. The maximum absolute atomic E-state index is 8.00. The van der Waals surface area contributed by atoms with Gasteiger partial charge >= 0.3 is 0 Å². The smallest absolute Gasteiger partial charge is 0.138 e. The number of aryl methyl sites for hydroxylation is 2. The molecule has 1 N–H and O–H groups in total. The molecule has 0 amide bonds. The first-order chi connectivity index (χ1) is 10.2. The molecule has 0 atom stereocenters. The normalized spacial score (nSPS) is 9.81. The molecule has 0 aliphatic rings. The first-order valence-corrected chi connectivity index (χ1v) is 6.71. The summed E-state index contributed by atoms with van der Waals surface area (Å²) in [4.78, 5) is 12.5. The number of nitrogens with zero attached hydrogens (tertiary/aromatic N) is 1. The molecule has 1 aromatic heterocycles. The van der Waals surface area contributed by atoms with Crippen LogP contribution in [0.2, 0.25) is 0 Å². The lowest BCUT2D eigenvalue weighted by Gasteiger charge is -2.10. The maximum Gasteiger partial charge on any atom is 0.138 e. The van der Waals surface area contributed by atoms with Crippen molar-refractivity contribution >= 4 is 29.1 Å². The molecule has 0 aliphatic carbocycles. The van der Waals surface area contributed by atoms with Gasteiger partial charge in [-0.1, -0.05) is 30.3 Å². The minimum atomic E-state index is 0.909. The molecule has 3 nitrogen and oxygen atoms in total. The highest BCUT2D eigenvalue weighted by Crippen LogP contribution is 2.26. The zero-order chi connectivity index (χ0) is 15.2. The van der Waals surface area contributed by atoms with Gasteiger partial charge in [0.1, 0.15) is 12.6 Å². The van der Waals surface area contributed by atoms with Crippen molar-refractivity contribution in [1.82, 2.24) is 4.98 Å². The molecule has 1 heterocycles. The average Bonchev–Trinajstić information content (AvgIpc) is 2.50. The Kier molecular flexibility index (Phi) is 4.67. The Hall–Kier alpha value is -2.68. The first-order valence-electron chi connectivity index (χ1n) is 6.71. The molecule has 0 spiro atoms. The van der Waals surface area contributed by atoms with Gasteiger partial charge < -0.3 is 10.1 Å². The summed E-state index contributed by atoms with van der Waals surface area (Å²) in [6.07, 6.45) is 1.85. The Morgan fingerprint density at radius 3 is 2.48 bits per heavy atom. The van der Waals surface area contributed by atoms with Crippen molar-refractivity contribution in [1.29, 1.82) is 0 Å². The van der Waals surface area contributed by atoms with Gasteiger partial charge in [0.15, 0.2) is 0 Å². The molecule has 106 valence electrons. The van der Waals surface area contributed by atoms with E-state index in [1.165, 1.54) is 16.5 Å². The monoisotopic (exact) mass is 278 g/mol. The van der Waals surface area contributed by atoms with Crippen molar-refractivity contribution in [2.45, 2.75) is 13.8 Å². The Balaban J connectivity index is 0.000000774. The summed E-state index contributed by atoms with van der Waals surface area (Å²) in [5, 5.41) is 5.80. The number of nitrogens with one attached hydrogen (secondary N) is 1. The van der Waals surface area contributed by atoms with Gasteiger partial charge in [0.25, 0.3) is 0 Å². The van der Waals surface area contributed by atoms with Gasteiger partial charge in [-0.05, 0) is 48.6 Å². The number of hydrogen-bond donors (Lipinski definition) is 1. The van der Waals surface area contributed by atoms with E-state index in [0.717, 1.165) is 16.9 Å². The molecular formula is C18H18N2O. The Morgan fingerprint density at radius 1 is 0.952 bits per heavy atom.